The molecule has 0 spiro atoms. The molecule has 0 amide bonds. The van der Waals surface area contributed by atoms with Gasteiger partial charge in [-0.05, 0) is 54.6 Å². The lowest BCUT2D eigenvalue weighted by atomic mass is 9.95. The van der Waals surface area contributed by atoms with E-state index in [-0.39, 0.29) is 11.1 Å². The number of fused-ring (bicyclic) bond motifs is 1. The molecule has 1 unspecified atom stereocenters. The van der Waals surface area contributed by atoms with Crippen LogP contribution in [-0.2, 0) is 14.5 Å². The van der Waals surface area contributed by atoms with Gasteiger partial charge < -0.3 is 9.16 Å². The number of hydrogen-bond acceptors (Lipinski definition) is 4. The summed E-state index contributed by atoms with van der Waals surface area (Å²) in [5, 5.41) is 2.31. The predicted molar refractivity (Wildman–Crippen MR) is 117 cm³/mol. The van der Waals surface area contributed by atoms with E-state index in [1.165, 1.54) is 0 Å². The lowest BCUT2D eigenvalue weighted by Gasteiger charge is -2.37. The molecule has 1 atom stereocenters. The van der Waals surface area contributed by atoms with Gasteiger partial charge in [0.15, 0.2) is 5.79 Å². The first-order chi connectivity index (χ1) is 12.9. The van der Waals surface area contributed by atoms with Gasteiger partial charge in [0, 0.05) is 5.39 Å². The van der Waals surface area contributed by atoms with E-state index < -0.39 is 14.1 Å². The van der Waals surface area contributed by atoms with Crippen LogP contribution in [0.3, 0.4) is 0 Å². The van der Waals surface area contributed by atoms with Crippen molar-refractivity contribution in [2.24, 2.45) is 0 Å². The third-order valence-corrected chi connectivity index (χ3v) is 10.1. The van der Waals surface area contributed by atoms with E-state index in [0.717, 1.165) is 27.7 Å². The van der Waals surface area contributed by atoms with Gasteiger partial charge in [-0.3, -0.25) is 0 Å². The Labute approximate surface area is 169 Å². The maximum atomic E-state index is 6.62. The summed E-state index contributed by atoms with van der Waals surface area (Å²) < 4.78 is 12.3. The summed E-state index contributed by atoms with van der Waals surface area (Å²) in [5.74, 6) is 0.191. The van der Waals surface area contributed by atoms with Crippen LogP contribution in [0.2, 0.25) is 18.1 Å². The molecule has 5 heteroatoms. The predicted octanol–water partition coefficient (Wildman–Crippen LogP) is 6.32. The van der Waals surface area contributed by atoms with E-state index >= 15 is 0 Å². The van der Waals surface area contributed by atoms with Crippen molar-refractivity contribution < 1.29 is 18.9 Å². The molecule has 0 saturated carbocycles. The average molecular weight is 401 g/mol. The molecule has 1 saturated heterocycles. The second-order valence-electron chi connectivity index (χ2n) is 9.42. The van der Waals surface area contributed by atoms with E-state index in [0.29, 0.717) is 6.61 Å². The first kappa shape index (κ1) is 21.1. The fraction of sp³-hybridized carbons (Fsp3) is 0.478. The lowest BCUT2D eigenvalue weighted by molar-refractivity contribution is -0.467. The Kier molecular flexibility index (Phi) is 5.49. The van der Waals surface area contributed by atoms with Gasteiger partial charge in [-0.2, -0.15) is 0 Å². The minimum absolute atomic E-state index is 0.133. The summed E-state index contributed by atoms with van der Waals surface area (Å²) in [6.07, 6.45) is -0.344. The number of ether oxygens (including phenoxy) is 1. The van der Waals surface area contributed by atoms with E-state index in [1.807, 2.05) is 26.0 Å². The highest BCUT2D eigenvalue weighted by atomic mass is 28.4. The molecule has 1 heterocycles. The quantitative estimate of drug-likeness (QED) is 0.444. The van der Waals surface area contributed by atoms with E-state index in [2.05, 4.69) is 64.7 Å². The molecule has 3 rings (SSSR count). The third-order valence-electron chi connectivity index (χ3n) is 5.74. The summed E-state index contributed by atoms with van der Waals surface area (Å²) in [6.45, 7) is 19.6. The number of hydrogen-bond donors (Lipinski definition) is 0. The van der Waals surface area contributed by atoms with Crippen LogP contribution >= 0.6 is 0 Å². The maximum Gasteiger partial charge on any atom is 0.250 e. The van der Waals surface area contributed by atoms with Crippen molar-refractivity contribution in [2.75, 3.05) is 6.61 Å². The first-order valence-corrected chi connectivity index (χ1v) is 12.7. The summed E-state index contributed by atoms with van der Waals surface area (Å²) >= 11 is 0. The van der Waals surface area contributed by atoms with Crippen molar-refractivity contribution in [3.8, 4) is 5.75 Å². The van der Waals surface area contributed by atoms with Crippen LogP contribution in [0.1, 0.15) is 40.2 Å². The van der Waals surface area contributed by atoms with Gasteiger partial charge in [-0.25, -0.2) is 9.78 Å². The zero-order valence-electron chi connectivity index (χ0n) is 18.1. The zero-order valence-corrected chi connectivity index (χ0v) is 19.1. The van der Waals surface area contributed by atoms with Gasteiger partial charge in [0.25, 0.3) is 8.32 Å². The lowest BCUT2D eigenvalue weighted by Crippen LogP contribution is -2.43. The van der Waals surface area contributed by atoms with Gasteiger partial charge in [0.1, 0.15) is 11.9 Å². The molecule has 28 heavy (non-hydrogen) atoms. The van der Waals surface area contributed by atoms with Crippen molar-refractivity contribution in [3.63, 3.8) is 0 Å². The maximum absolute atomic E-state index is 6.62. The Hall–Kier alpha value is -1.66. The van der Waals surface area contributed by atoms with Crippen molar-refractivity contribution in [2.45, 2.75) is 64.6 Å². The van der Waals surface area contributed by atoms with Crippen LogP contribution in [0.25, 0.3) is 16.3 Å². The fourth-order valence-electron chi connectivity index (χ4n) is 2.90. The highest BCUT2D eigenvalue weighted by molar-refractivity contribution is 6.74. The molecule has 0 bridgehead atoms. The minimum Gasteiger partial charge on any atom is -0.543 e. The molecule has 1 aliphatic heterocycles. The van der Waals surface area contributed by atoms with E-state index in [9.17, 15) is 0 Å². The topological polar surface area (TPSA) is 36.9 Å². The molecule has 4 nitrogen and oxygen atoms in total. The van der Waals surface area contributed by atoms with E-state index in [1.54, 1.807) is 0 Å². The molecule has 0 N–H and O–H groups in total. The SMILES string of the molecule is C=C(c1ccc(O[Si](C)(C)C(C)(C)C)c2ccccc12)C1COC(C)(C)OO1. The molecular weight excluding hydrogens is 368 g/mol. The Balaban J connectivity index is 1.95. The van der Waals surface area contributed by atoms with Crippen LogP contribution in [0.5, 0.6) is 5.75 Å². The second-order valence-corrected chi connectivity index (χ2v) is 14.1. The van der Waals surface area contributed by atoms with Crippen molar-refractivity contribution in [3.05, 3.63) is 48.5 Å². The molecule has 2 aromatic rings. The number of rotatable bonds is 4. The van der Waals surface area contributed by atoms with Crippen LogP contribution < -0.4 is 4.43 Å². The third kappa shape index (κ3) is 4.18. The number of benzene rings is 2. The van der Waals surface area contributed by atoms with Crippen LogP contribution in [-0.4, -0.2) is 26.8 Å². The Morgan fingerprint density at radius 2 is 1.75 bits per heavy atom. The molecule has 1 fully saturated rings. The molecule has 2 aromatic carbocycles. The summed E-state index contributed by atoms with van der Waals surface area (Å²) in [6, 6.07) is 12.4. The first-order valence-electron chi connectivity index (χ1n) is 9.80. The summed E-state index contributed by atoms with van der Waals surface area (Å²) in [4.78, 5) is 10.9. The van der Waals surface area contributed by atoms with Gasteiger partial charge >= 0.3 is 0 Å². The molecule has 0 aromatic heterocycles. The second kappa shape index (κ2) is 7.30. The molecular formula is C23H32O4Si. The van der Waals surface area contributed by atoms with Crippen molar-refractivity contribution >= 4 is 24.7 Å². The highest BCUT2D eigenvalue weighted by Crippen LogP contribution is 2.41. The molecule has 0 aliphatic carbocycles. The normalized spacial score (nSPS) is 20.2. The highest BCUT2D eigenvalue weighted by Gasteiger charge is 2.39. The Morgan fingerprint density at radius 3 is 2.32 bits per heavy atom. The summed E-state index contributed by atoms with van der Waals surface area (Å²) in [5.41, 5.74) is 1.86. The van der Waals surface area contributed by atoms with Crippen LogP contribution in [0.15, 0.2) is 43.0 Å². The van der Waals surface area contributed by atoms with Crippen molar-refractivity contribution in [1.29, 1.82) is 0 Å². The fourth-order valence-corrected chi connectivity index (χ4v) is 3.94. The average Bonchev–Trinajstić information content (AvgIpc) is 2.60. The largest absolute Gasteiger partial charge is 0.543 e. The summed E-state index contributed by atoms with van der Waals surface area (Å²) in [7, 11) is -1.94. The minimum atomic E-state index is -1.94. The molecule has 1 aliphatic rings. The van der Waals surface area contributed by atoms with Crippen LogP contribution in [0, 0.1) is 0 Å². The van der Waals surface area contributed by atoms with Gasteiger partial charge in [0.05, 0.1) is 6.61 Å². The standard InChI is InChI=1S/C23H32O4Si/c1-16(21-15-24-23(5,6)27-25-21)17-13-14-20(19-12-10-9-11-18(17)19)26-28(7,8)22(2,3)4/h9-14,21H,1,15H2,2-8H3. The Morgan fingerprint density at radius 1 is 1.11 bits per heavy atom. The van der Waals surface area contributed by atoms with Crippen molar-refractivity contribution in [1.82, 2.24) is 0 Å². The smallest absolute Gasteiger partial charge is 0.250 e. The van der Waals surface area contributed by atoms with Gasteiger partial charge in [-0.15, -0.1) is 0 Å². The van der Waals surface area contributed by atoms with Crippen LogP contribution in [0.4, 0.5) is 0 Å². The monoisotopic (exact) mass is 400 g/mol. The Bertz CT molecular complexity index is 870. The van der Waals surface area contributed by atoms with Gasteiger partial charge in [0.2, 0.25) is 0 Å². The zero-order chi connectivity index (χ0) is 20.7. The molecule has 152 valence electrons. The van der Waals surface area contributed by atoms with Gasteiger partial charge in [-0.1, -0.05) is 57.7 Å². The van der Waals surface area contributed by atoms with E-state index in [4.69, 9.17) is 18.9 Å². The molecule has 0 radical (unpaired) electrons.